The number of hydrogen-bond acceptors (Lipinski definition) is 4. The van der Waals surface area contributed by atoms with Gasteiger partial charge in [0.25, 0.3) is 11.7 Å². The van der Waals surface area contributed by atoms with Gasteiger partial charge < -0.3 is 10.1 Å². The largest absolute Gasteiger partial charge is 0.465 e. The molecule has 0 bridgehead atoms. The van der Waals surface area contributed by atoms with E-state index in [0.717, 1.165) is 0 Å². The maximum atomic E-state index is 12.6. The first kappa shape index (κ1) is 18.2. The molecule has 1 amide bonds. The Bertz CT molecular complexity index is 771. The Morgan fingerprint density at radius 1 is 1.21 bits per heavy atom. The number of alkyl halides is 2. The molecule has 1 N–H and O–H groups in total. The molecule has 0 fully saturated rings. The Labute approximate surface area is 146 Å². The first-order valence-corrected chi connectivity index (χ1v) is 7.91. The number of benzene rings is 2. The lowest BCUT2D eigenvalue weighted by Crippen LogP contribution is -2.14. The van der Waals surface area contributed by atoms with E-state index in [1.807, 2.05) is 0 Å². The van der Waals surface area contributed by atoms with E-state index in [4.69, 9.17) is 11.6 Å². The fourth-order valence-corrected chi connectivity index (χ4v) is 2.71. The molecule has 0 saturated heterocycles. The van der Waals surface area contributed by atoms with Crippen molar-refractivity contribution in [2.45, 2.75) is 10.7 Å². The molecular formula is C16H12ClF2NO3S. The van der Waals surface area contributed by atoms with Crippen LogP contribution in [0.1, 0.15) is 20.7 Å². The summed E-state index contributed by atoms with van der Waals surface area (Å²) in [6.45, 7) is 0. The van der Waals surface area contributed by atoms with Gasteiger partial charge in [0.1, 0.15) is 0 Å². The standard InChI is InChI=1S/C16H12ClF2NO3S/c1-23-15(22)9-6-7-11(17)12(8-9)20-14(21)10-4-2-3-5-13(10)24-16(18)19/h2-8,16H,1H3,(H,20,21). The molecular weight excluding hydrogens is 360 g/mol. The Balaban J connectivity index is 2.29. The zero-order chi connectivity index (χ0) is 17.7. The van der Waals surface area contributed by atoms with Crippen molar-refractivity contribution in [2.75, 3.05) is 12.4 Å². The van der Waals surface area contributed by atoms with Gasteiger partial charge in [-0.15, -0.1) is 0 Å². The van der Waals surface area contributed by atoms with E-state index < -0.39 is 17.6 Å². The minimum Gasteiger partial charge on any atom is -0.465 e. The molecule has 2 rings (SSSR count). The molecule has 8 heteroatoms. The molecule has 0 aliphatic heterocycles. The third-order valence-corrected chi connectivity index (χ3v) is 4.10. The summed E-state index contributed by atoms with van der Waals surface area (Å²) < 4.78 is 29.8. The third-order valence-electron chi connectivity index (χ3n) is 2.98. The van der Waals surface area contributed by atoms with Crippen LogP contribution in [0.4, 0.5) is 14.5 Å². The van der Waals surface area contributed by atoms with E-state index in [1.54, 1.807) is 12.1 Å². The number of anilines is 1. The lowest BCUT2D eigenvalue weighted by molar-refractivity contribution is 0.0600. The first-order valence-electron chi connectivity index (χ1n) is 6.65. The van der Waals surface area contributed by atoms with Gasteiger partial charge in [-0.3, -0.25) is 4.79 Å². The predicted molar refractivity (Wildman–Crippen MR) is 89.0 cm³/mol. The Kier molecular flexibility index (Phi) is 6.16. The van der Waals surface area contributed by atoms with Gasteiger partial charge in [-0.2, -0.15) is 8.78 Å². The van der Waals surface area contributed by atoms with Crippen molar-refractivity contribution in [1.29, 1.82) is 0 Å². The third kappa shape index (κ3) is 4.46. The van der Waals surface area contributed by atoms with Crippen LogP contribution in [0.2, 0.25) is 5.02 Å². The number of carbonyl (C=O) groups is 2. The number of carbonyl (C=O) groups excluding carboxylic acids is 2. The fourth-order valence-electron chi connectivity index (χ4n) is 1.91. The highest BCUT2D eigenvalue weighted by atomic mass is 35.5. The Morgan fingerprint density at radius 2 is 1.92 bits per heavy atom. The van der Waals surface area contributed by atoms with Crippen molar-refractivity contribution >= 4 is 40.9 Å². The number of thioether (sulfide) groups is 1. The van der Waals surface area contributed by atoms with Crippen LogP contribution in [0, 0.1) is 0 Å². The number of ether oxygens (including phenoxy) is 1. The lowest BCUT2D eigenvalue weighted by Gasteiger charge is -2.11. The molecule has 4 nitrogen and oxygen atoms in total. The van der Waals surface area contributed by atoms with Gasteiger partial charge in [-0.25, -0.2) is 4.79 Å². The molecule has 0 aliphatic rings. The van der Waals surface area contributed by atoms with Crippen molar-refractivity contribution in [3.8, 4) is 0 Å². The summed E-state index contributed by atoms with van der Waals surface area (Å²) in [5, 5.41) is 2.73. The van der Waals surface area contributed by atoms with Crippen LogP contribution < -0.4 is 5.32 Å². The quantitative estimate of drug-likeness (QED) is 0.611. The number of hydrogen-bond donors (Lipinski definition) is 1. The van der Waals surface area contributed by atoms with Crippen molar-refractivity contribution in [3.63, 3.8) is 0 Å². The van der Waals surface area contributed by atoms with Crippen LogP contribution in [0.3, 0.4) is 0 Å². The van der Waals surface area contributed by atoms with Gasteiger partial charge in [0.05, 0.1) is 28.9 Å². The van der Waals surface area contributed by atoms with E-state index in [2.05, 4.69) is 10.1 Å². The highest BCUT2D eigenvalue weighted by molar-refractivity contribution is 7.99. The summed E-state index contributed by atoms with van der Waals surface area (Å²) >= 11 is 6.29. The van der Waals surface area contributed by atoms with Crippen LogP contribution in [0.5, 0.6) is 0 Å². The SMILES string of the molecule is COC(=O)c1ccc(Cl)c(NC(=O)c2ccccc2SC(F)F)c1. The Morgan fingerprint density at radius 3 is 2.58 bits per heavy atom. The van der Waals surface area contributed by atoms with Gasteiger partial charge in [-0.1, -0.05) is 35.5 Å². The van der Waals surface area contributed by atoms with Crippen LogP contribution >= 0.6 is 23.4 Å². The first-order chi connectivity index (χ1) is 11.4. The van der Waals surface area contributed by atoms with E-state index in [0.29, 0.717) is 0 Å². The number of nitrogens with one attached hydrogen (secondary N) is 1. The molecule has 0 saturated carbocycles. The zero-order valence-electron chi connectivity index (χ0n) is 12.4. The smallest absolute Gasteiger partial charge is 0.337 e. The molecule has 2 aromatic carbocycles. The van der Waals surface area contributed by atoms with Gasteiger partial charge in [0.2, 0.25) is 0 Å². The summed E-state index contributed by atoms with van der Waals surface area (Å²) in [4.78, 5) is 24.1. The summed E-state index contributed by atoms with van der Waals surface area (Å²) in [6.07, 6.45) is 0. The second kappa shape index (κ2) is 8.12. The second-order valence-corrected chi connectivity index (χ2v) is 5.95. The molecule has 0 spiro atoms. The van der Waals surface area contributed by atoms with E-state index in [-0.39, 0.29) is 38.5 Å². The van der Waals surface area contributed by atoms with Crippen molar-refractivity contribution in [3.05, 3.63) is 58.6 Å². The van der Waals surface area contributed by atoms with Crippen LogP contribution in [0.15, 0.2) is 47.4 Å². The molecule has 0 radical (unpaired) electrons. The highest BCUT2D eigenvalue weighted by Crippen LogP contribution is 2.30. The minimum atomic E-state index is -2.65. The number of esters is 1. The second-order valence-electron chi connectivity index (χ2n) is 4.51. The maximum absolute atomic E-state index is 12.6. The number of rotatable bonds is 5. The molecule has 2 aromatic rings. The molecule has 0 aromatic heterocycles. The fraction of sp³-hybridized carbons (Fsp3) is 0.125. The molecule has 24 heavy (non-hydrogen) atoms. The molecule has 0 unspecified atom stereocenters. The number of methoxy groups -OCH3 is 1. The molecule has 126 valence electrons. The lowest BCUT2D eigenvalue weighted by atomic mass is 10.1. The van der Waals surface area contributed by atoms with E-state index >= 15 is 0 Å². The van der Waals surface area contributed by atoms with Gasteiger partial charge in [0, 0.05) is 4.90 Å². The molecule has 0 aliphatic carbocycles. The van der Waals surface area contributed by atoms with Crippen LogP contribution in [-0.2, 0) is 4.74 Å². The highest BCUT2D eigenvalue weighted by Gasteiger charge is 2.17. The van der Waals surface area contributed by atoms with Crippen molar-refractivity contribution in [1.82, 2.24) is 0 Å². The number of amides is 1. The van der Waals surface area contributed by atoms with Gasteiger partial charge >= 0.3 is 5.97 Å². The maximum Gasteiger partial charge on any atom is 0.337 e. The number of halogens is 3. The van der Waals surface area contributed by atoms with Gasteiger partial charge in [0.15, 0.2) is 0 Å². The van der Waals surface area contributed by atoms with Crippen molar-refractivity contribution < 1.29 is 23.1 Å². The molecule has 0 atom stereocenters. The van der Waals surface area contributed by atoms with Gasteiger partial charge in [-0.05, 0) is 30.3 Å². The van der Waals surface area contributed by atoms with E-state index in [9.17, 15) is 18.4 Å². The Hall–Kier alpha value is -2.12. The monoisotopic (exact) mass is 371 g/mol. The summed E-state index contributed by atoms with van der Waals surface area (Å²) in [5.74, 6) is -3.84. The average molecular weight is 372 g/mol. The van der Waals surface area contributed by atoms with E-state index in [1.165, 1.54) is 37.4 Å². The average Bonchev–Trinajstić information content (AvgIpc) is 2.56. The summed E-state index contributed by atoms with van der Waals surface area (Å²) in [7, 11) is 1.23. The minimum absolute atomic E-state index is 0.0855. The van der Waals surface area contributed by atoms with Crippen molar-refractivity contribution in [2.24, 2.45) is 0 Å². The topological polar surface area (TPSA) is 55.4 Å². The normalized spacial score (nSPS) is 10.5. The summed E-state index contributed by atoms with van der Waals surface area (Å²) in [6, 6.07) is 10.2. The van der Waals surface area contributed by atoms with Crippen LogP contribution in [0.25, 0.3) is 0 Å². The predicted octanol–water partition coefficient (Wildman–Crippen LogP) is 4.69. The zero-order valence-corrected chi connectivity index (χ0v) is 14.0. The summed E-state index contributed by atoms with van der Waals surface area (Å²) in [5.41, 5.74) is 0.469. The van der Waals surface area contributed by atoms with Crippen LogP contribution in [-0.4, -0.2) is 24.7 Å². The molecule has 0 heterocycles.